The highest BCUT2D eigenvalue weighted by Gasteiger charge is 2.18. The number of hydrogen-bond acceptors (Lipinski definition) is 4. The predicted octanol–water partition coefficient (Wildman–Crippen LogP) is 5.13. The van der Waals surface area contributed by atoms with Gasteiger partial charge in [0.05, 0.1) is 20.8 Å². The molecule has 1 aromatic carbocycles. The van der Waals surface area contributed by atoms with E-state index in [9.17, 15) is 9.59 Å². The Morgan fingerprint density at radius 1 is 1.16 bits per heavy atom. The van der Waals surface area contributed by atoms with E-state index in [0.717, 1.165) is 5.76 Å². The van der Waals surface area contributed by atoms with Crippen LogP contribution in [0, 0.1) is 6.92 Å². The van der Waals surface area contributed by atoms with Crippen molar-refractivity contribution < 1.29 is 18.7 Å². The quantitative estimate of drug-likeness (QED) is 0.427. The zero-order valence-electron chi connectivity index (χ0n) is 13.3. The molecule has 1 heterocycles. The fourth-order valence-corrected chi connectivity index (χ4v) is 2.41. The third-order valence-electron chi connectivity index (χ3n) is 3.07. The Hall–Kier alpha value is -1.95. The van der Waals surface area contributed by atoms with Crippen LogP contribution in [0.2, 0.25) is 15.1 Å². The maximum Gasteiger partial charge on any atom is 0.331 e. The number of aryl methyl sites for hydroxylation is 1. The molecule has 1 N–H and O–H groups in total. The van der Waals surface area contributed by atoms with Crippen LogP contribution in [0.3, 0.4) is 0 Å². The first-order valence-corrected chi connectivity index (χ1v) is 8.30. The Labute approximate surface area is 159 Å². The third kappa shape index (κ3) is 5.53. The van der Waals surface area contributed by atoms with E-state index in [1.165, 1.54) is 31.2 Å². The third-order valence-corrected chi connectivity index (χ3v) is 4.11. The predicted molar refractivity (Wildman–Crippen MR) is 98.1 cm³/mol. The molecule has 0 unspecified atom stereocenters. The molecule has 8 heteroatoms. The van der Waals surface area contributed by atoms with Crippen molar-refractivity contribution in [1.82, 2.24) is 0 Å². The molecule has 0 aliphatic carbocycles. The van der Waals surface area contributed by atoms with Gasteiger partial charge in [-0.25, -0.2) is 4.79 Å². The smallest absolute Gasteiger partial charge is 0.331 e. The molecule has 0 bridgehead atoms. The Morgan fingerprint density at radius 3 is 2.48 bits per heavy atom. The van der Waals surface area contributed by atoms with Crippen molar-refractivity contribution in [3.63, 3.8) is 0 Å². The summed E-state index contributed by atoms with van der Waals surface area (Å²) in [4.78, 5) is 23.9. The fraction of sp³-hybridized carbons (Fsp3) is 0.176. The molecule has 25 heavy (non-hydrogen) atoms. The standard InChI is InChI=1S/C17H14Cl3NO4/c1-9-3-4-11(24-9)5-6-16(22)25-10(2)17(23)21-15-8-13(19)12(18)7-14(15)20/h3-8,10H,1-2H3,(H,21,23)/b6-5+/t10-/m1/s1. The van der Waals surface area contributed by atoms with E-state index in [0.29, 0.717) is 5.76 Å². The summed E-state index contributed by atoms with van der Waals surface area (Å²) in [5.74, 6) is -0.0127. The zero-order valence-corrected chi connectivity index (χ0v) is 15.6. The first-order valence-electron chi connectivity index (χ1n) is 7.17. The molecule has 132 valence electrons. The van der Waals surface area contributed by atoms with E-state index in [1.807, 2.05) is 0 Å². The Balaban J connectivity index is 1.94. The molecule has 2 aromatic rings. The number of ether oxygens (including phenoxy) is 1. The highest BCUT2D eigenvalue weighted by Crippen LogP contribution is 2.32. The van der Waals surface area contributed by atoms with Crippen LogP contribution in [0.5, 0.6) is 0 Å². The van der Waals surface area contributed by atoms with E-state index in [-0.39, 0.29) is 20.8 Å². The first-order chi connectivity index (χ1) is 11.8. The topological polar surface area (TPSA) is 68.5 Å². The summed E-state index contributed by atoms with van der Waals surface area (Å²) in [5.41, 5.74) is 0.269. The molecule has 0 saturated carbocycles. The molecule has 2 rings (SSSR count). The summed E-state index contributed by atoms with van der Waals surface area (Å²) in [6.45, 7) is 3.22. The number of carbonyl (C=O) groups excluding carboxylic acids is 2. The van der Waals surface area contributed by atoms with Crippen LogP contribution in [-0.4, -0.2) is 18.0 Å². The lowest BCUT2D eigenvalue weighted by molar-refractivity contribution is -0.148. The Morgan fingerprint density at radius 2 is 1.84 bits per heavy atom. The Kier molecular flexibility index (Phi) is 6.53. The monoisotopic (exact) mass is 401 g/mol. The fourth-order valence-electron chi connectivity index (χ4n) is 1.81. The van der Waals surface area contributed by atoms with Crippen LogP contribution in [0.1, 0.15) is 18.4 Å². The van der Waals surface area contributed by atoms with Crippen LogP contribution in [0.4, 0.5) is 5.69 Å². The highest BCUT2D eigenvalue weighted by molar-refractivity contribution is 6.44. The van der Waals surface area contributed by atoms with Gasteiger partial charge in [-0.3, -0.25) is 4.79 Å². The summed E-state index contributed by atoms with van der Waals surface area (Å²) in [7, 11) is 0. The number of halogens is 3. The second-order valence-corrected chi connectivity index (χ2v) is 6.32. The van der Waals surface area contributed by atoms with Crippen LogP contribution >= 0.6 is 34.8 Å². The minimum Gasteiger partial charge on any atom is -0.462 e. The largest absolute Gasteiger partial charge is 0.462 e. The molecule has 0 fully saturated rings. The van der Waals surface area contributed by atoms with Gasteiger partial charge in [0.2, 0.25) is 0 Å². The maximum atomic E-state index is 12.1. The maximum absolute atomic E-state index is 12.1. The van der Waals surface area contributed by atoms with Gasteiger partial charge in [0, 0.05) is 6.08 Å². The number of carbonyl (C=O) groups is 2. The van der Waals surface area contributed by atoms with Gasteiger partial charge in [0.15, 0.2) is 6.10 Å². The van der Waals surface area contributed by atoms with Crippen LogP contribution in [-0.2, 0) is 14.3 Å². The van der Waals surface area contributed by atoms with Gasteiger partial charge in [0.1, 0.15) is 11.5 Å². The number of rotatable bonds is 5. The van der Waals surface area contributed by atoms with E-state index < -0.39 is 18.0 Å². The summed E-state index contributed by atoms with van der Waals surface area (Å²) in [6, 6.07) is 6.30. The van der Waals surface area contributed by atoms with E-state index in [2.05, 4.69) is 5.32 Å². The van der Waals surface area contributed by atoms with Crippen molar-refractivity contribution >= 4 is 58.4 Å². The van der Waals surface area contributed by atoms with Crippen LogP contribution in [0.25, 0.3) is 6.08 Å². The van der Waals surface area contributed by atoms with Gasteiger partial charge in [-0.05, 0) is 44.2 Å². The normalized spacial score (nSPS) is 12.2. The van der Waals surface area contributed by atoms with E-state index in [4.69, 9.17) is 44.0 Å². The molecule has 0 spiro atoms. The van der Waals surface area contributed by atoms with Crippen molar-refractivity contribution in [2.45, 2.75) is 20.0 Å². The van der Waals surface area contributed by atoms with E-state index >= 15 is 0 Å². The number of benzene rings is 1. The highest BCUT2D eigenvalue weighted by atomic mass is 35.5. The molecular formula is C17H14Cl3NO4. The molecule has 1 aromatic heterocycles. The lowest BCUT2D eigenvalue weighted by atomic mass is 10.3. The van der Waals surface area contributed by atoms with Gasteiger partial charge in [-0.1, -0.05) is 34.8 Å². The zero-order chi connectivity index (χ0) is 18.6. The molecule has 0 saturated heterocycles. The summed E-state index contributed by atoms with van der Waals surface area (Å²) >= 11 is 17.7. The van der Waals surface area contributed by atoms with Gasteiger partial charge in [0.25, 0.3) is 5.91 Å². The minimum absolute atomic E-state index is 0.217. The molecule has 1 amide bonds. The number of hydrogen-bond donors (Lipinski definition) is 1. The van der Waals surface area contributed by atoms with Crippen LogP contribution in [0.15, 0.2) is 34.8 Å². The number of esters is 1. The van der Waals surface area contributed by atoms with Crippen molar-refractivity contribution in [3.05, 3.63) is 56.9 Å². The van der Waals surface area contributed by atoms with Crippen molar-refractivity contribution in [2.75, 3.05) is 5.32 Å². The van der Waals surface area contributed by atoms with Gasteiger partial charge in [-0.2, -0.15) is 0 Å². The number of anilines is 1. The minimum atomic E-state index is -1.04. The number of furan rings is 1. The molecular weight excluding hydrogens is 389 g/mol. The SMILES string of the molecule is Cc1ccc(/C=C/C(=O)O[C@H](C)C(=O)Nc2cc(Cl)c(Cl)cc2Cl)o1. The summed E-state index contributed by atoms with van der Waals surface area (Å²) in [5, 5.41) is 3.25. The van der Waals surface area contributed by atoms with Crippen LogP contribution < -0.4 is 5.32 Å². The molecule has 1 atom stereocenters. The number of amides is 1. The van der Waals surface area contributed by atoms with Gasteiger partial charge in [-0.15, -0.1) is 0 Å². The summed E-state index contributed by atoms with van der Waals surface area (Å²) < 4.78 is 10.3. The molecule has 0 aliphatic heterocycles. The number of nitrogens with one attached hydrogen (secondary N) is 1. The first kappa shape index (κ1) is 19.4. The van der Waals surface area contributed by atoms with Gasteiger partial charge >= 0.3 is 5.97 Å². The Bertz CT molecular complexity index is 829. The molecule has 0 aliphatic rings. The average molecular weight is 403 g/mol. The summed E-state index contributed by atoms with van der Waals surface area (Å²) in [6.07, 6.45) is 1.59. The molecule has 5 nitrogen and oxygen atoms in total. The second kappa shape index (κ2) is 8.43. The van der Waals surface area contributed by atoms with Gasteiger partial charge < -0.3 is 14.5 Å². The van der Waals surface area contributed by atoms with Crippen molar-refractivity contribution in [1.29, 1.82) is 0 Å². The van der Waals surface area contributed by atoms with Crippen molar-refractivity contribution in [2.24, 2.45) is 0 Å². The lowest BCUT2D eigenvalue weighted by Gasteiger charge is -2.13. The van der Waals surface area contributed by atoms with E-state index in [1.54, 1.807) is 19.1 Å². The lowest BCUT2D eigenvalue weighted by Crippen LogP contribution is -2.29. The second-order valence-electron chi connectivity index (χ2n) is 5.10. The molecule has 0 radical (unpaired) electrons. The average Bonchev–Trinajstić information content (AvgIpc) is 2.96. The van der Waals surface area contributed by atoms with Crippen molar-refractivity contribution in [3.8, 4) is 0 Å².